The van der Waals surface area contributed by atoms with Gasteiger partial charge in [0, 0.05) is 19.0 Å². The van der Waals surface area contributed by atoms with Gasteiger partial charge in [0.15, 0.2) is 0 Å². The molecule has 0 unspecified atom stereocenters. The highest BCUT2D eigenvalue weighted by Crippen LogP contribution is 2.47. The van der Waals surface area contributed by atoms with Gasteiger partial charge in [0.05, 0.1) is 12.0 Å². The minimum atomic E-state index is -1.15. The van der Waals surface area contributed by atoms with Crippen LogP contribution in [0.2, 0.25) is 0 Å². The Morgan fingerprint density at radius 3 is 2.16 bits per heavy atom. The first-order valence-electron chi connectivity index (χ1n) is 10.7. The zero-order chi connectivity index (χ0) is 22.7. The summed E-state index contributed by atoms with van der Waals surface area (Å²) in [7, 11) is 0. The van der Waals surface area contributed by atoms with Gasteiger partial charge >= 0.3 is 12.1 Å². The summed E-state index contributed by atoms with van der Waals surface area (Å²) >= 11 is 0. The number of carbonyl (C=O) groups is 3. The molecule has 0 spiro atoms. The highest BCUT2D eigenvalue weighted by atomic mass is 16.5. The van der Waals surface area contributed by atoms with E-state index in [4.69, 9.17) is 14.9 Å². The molecule has 168 valence electrons. The number of aliphatic hydroxyl groups is 1. The maximum atomic E-state index is 12.8. The predicted octanol–water partition coefficient (Wildman–Crippen LogP) is 2.21. The van der Waals surface area contributed by atoms with Crippen LogP contribution in [-0.4, -0.2) is 65.9 Å². The van der Waals surface area contributed by atoms with E-state index in [2.05, 4.69) is 17.4 Å². The summed E-state index contributed by atoms with van der Waals surface area (Å²) in [5, 5.41) is 20.8. The summed E-state index contributed by atoms with van der Waals surface area (Å²) in [4.78, 5) is 37.3. The van der Waals surface area contributed by atoms with Crippen LogP contribution in [0.4, 0.5) is 4.79 Å². The average molecular weight is 438 g/mol. The van der Waals surface area contributed by atoms with Gasteiger partial charge in [0.2, 0.25) is 5.91 Å². The monoisotopic (exact) mass is 438 g/mol. The van der Waals surface area contributed by atoms with Gasteiger partial charge < -0.3 is 25.2 Å². The number of aliphatic carboxylic acids is 1. The summed E-state index contributed by atoms with van der Waals surface area (Å²) < 4.78 is 5.51. The summed E-state index contributed by atoms with van der Waals surface area (Å²) in [6.45, 7) is -0.612. The van der Waals surface area contributed by atoms with Crippen molar-refractivity contribution < 1.29 is 29.3 Å². The number of nitrogens with one attached hydrogen (secondary N) is 1. The predicted molar refractivity (Wildman–Crippen MR) is 116 cm³/mol. The lowest BCUT2D eigenvalue weighted by Gasteiger charge is -2.25. The van der Waals surface area contributed by atoms with Gasteiger partial charge in [-0.05, 0) is 35.1 Å². The molecule has 0 radical (unpaired) electrons. The Balaban J connectivity index is 1.35. The Morgan fingerprint density at radius 2 is 1.62 bits per heavy atom. The fourth-order valence-corrected chi connectivity index (χ4v) is 4.38. The Kier molecular flexibility index (Phi) is 6.14. The number of ether oxygens (including phenoxy) is 1. The molecule has 1 fully saturated rings. The fraction of sp³-hybridized carbons (Fsp3) is 0.375. The van der Waals surface area contributed by atoms with E-state index in [0.717, 1.165) is 27.2 Å². The van der Waals surface area contributed by atoms with Gasteiger partial charge in [-0.1, -0.05) is 48.5 Å². The topological polar surface area (TPSA) is 116 Å². The molecule has 4 rings (SSSR count). The first kappa shape index (κ1) is 21.8. The molecular formula is C24H26N2O6. The maximum absolute atomic E-state index is 12.8. The van der Waals surface area contributed by atoms with Crippen molar-refractivity contribution in [2.75, 3.05) is 32.8 Å². The summed E-state index contributed by atoms with van der Waals surface area (Å²) in [6, 6.07) is 16.1. The van der Waals surface area contributed by atoms with Crippen molar-refractivity contribution in [3.63, 3.8) is 0 Å². The molecule has 3 N–H and O–H groups in total. The standard InChI is InChI=1S/C24H26N2O6/c27-12-11-26(13-21(28)29)22(30)24(9-10-24)15-25-23(31)32-14-20-18-7-3-1-5-16(18)17-6-2-4-8-19(17)20/h1-8,20,27H,9-15H2,(H,25,31)(H,28,29). The third kappa shape index (κ3) is 4.31. The molecule has 0 aromatic heterocycles. The number of benzene rings is 2. The maximum Gasteiger partial charge on any atom is 0.407 e. The van der Waals surface area contributed by atoms with E-state index in [0.29, 0.717) is 12.8 Å². The number of hydrogen-bond donors (Lipinski definition) is 3. The largest absolute Gasteiger partial charge is 0.480 e. The van der Waals surface area contributed by atoms with Crippen molar-refractivity contribution in [2.45, 2.75) is 18.8 Å². The van der Waals surface area contributed by atoms with Crippen LogP contribution in [0.1, 0.15) is 29.9 Å². The van der Waals surface area contributed by atoms with Crippen molar-refractivity contribution in [1.29, 1.82) is 0 Å². The van der Waals surface area contributed by atoms with Crippen molar-refractivity contribution in [2.24, 2.45) is 5.41 Å². The Labute approximate surface area is 185 Å². The van der Waals surface area contributed by atoms with E-state index in [1.165, 1.54) is 0 Å². The molecule has 8 heteroatoms. The lowest BCUT2D eigenvalue weighted by atomic mass is 9.98. The number of hydrogen-bond acceptors (Lipinski definition) is 5. The molecule has 2 aromatic carbocycles. The van der Waals surface area contributed by atoms with Crippen molar-refractivity contribution in [3.05, 3.63) is 59.7 Å². The first-order chi connectivity index (χ1) is 15.4. The van der Waals surface area contributed by atoms with E-state index in [1.807, 2.05) is 36.4 Å². The van der Waals surface area contributed by atoms with Crippen molar-refractivity contribution in [1.82, 2.24) is 10.2 Å². The molecule has 2 aromatic rings. The lowest BCUT2D eigenvalue weighted by Crippen LogP contribution is -2.46. The fourth-order valence-electron chi connectivity index (χ4n) is 4.38. The van der Waals surface area contributed by atoms with Gasteiger partial charge in [-0.25, -0.2) is 4.79 Å². The van der Waals surface area contributed by atoms with Crippen molar-refractivity contribution in [3.8, 4) is 11.1 Å². The Hall–Kier alpha value is -3.39. The smallest absolute Gasteiger partial charge is 0.407 e. The average Bonchev–Trinajstić information content (AvgIpc) is 3.52. The van der Waals surface area contributed by atoms with Crippen LogP contribution in [0.5, 0.6) is 0 Å². The molecule has 0 atom stereocenters. The molecule has 0 bridgehead atoms. The number of aliphatic hydroxyl groups excluding tert-OH is 1. The molecule has 1 saturated carbocycles. The minimum absolute atomic E-state index is 0.0553. The van der Waals surface area contributed by atoms with Crippen LogP contribution in [0, 0.1) is 5.41 Å². The summed E-state index contributed by atoms with van der Waals surface area (Å²) in [5.74, 6) is -1.57. The van der Waals surface area contributed by atoms with Crippen LogP contribution >= 0.6 is 0 Å². The van der Waals surface area contributed by atoms with Crippen LogP contribution < -0.4 is 5.32 Å². The molecule has 0 saturated heterocycles. The minimum Gasteiger partial charge on any atom is -0.480 e. The van der Waals surface area contributed by atoms with Crippen LogP contribution in [-0.2, 0) is 14.3 Å². The van der Waals surface area contributed by atoms with E-state index in [-0.39, 0.29) is 38.1 Å². The number of carboxylic acids is 1. The van der Waals surface area contributed by atoms with Crippen LogP contribution in [0.15, 0.2) is 48.5 Å². The number of carboxylic acid groups (broad SMARTS) is 1. The molecular weight excluding hydrogens is 412 g/mol. The third-order valence-corrected chi connectivity index (χ3v) is 6.21. The second-order valence-corrected chi connectivity index (χ2v) is 8.30. The highest BCUT2D eigenvalue weighted by Gasteiger charge is 2.52. The molecule has 8 nitrogen and oxygen atoms in total. The van der Waals surface area contributed by atoms with Crippen molar-refractivity contribution >= 4 is 18.0 Å². The van der Waals surface area contributed by atoms with E-state index < -0.39 is 24.0 Å². The number of carbonyl (C=O) groups excluding carboxylic acids is 2. The zero-order valence-corrected chi connectivity index (χ0v) is 17.6. The molecule has 0 heterocycles. The second-order valence-electron chi connectivity index (χ2n) is 8.30. The van der Waals surface area contributed by atoms with Crippen LogP contribution in [0.3, 0.4) is 0 Å². The zero-order valence-electron chi connectivity index (χ0n) is 17.6. The van der Waals surface area contributed by atoms with Gasteiger partial charge in [-0.15, -0.1) is 0 Å². The molecule has 0 aliphatic heterocycles. The Bertz CT molecular complexity index is 987. The highest BCUT2D eigenvalue weighted by molar-refractivity contribution is 5.89. The lowest BCUT2D eigenvalue weighted by molar-refractivity contribution is -0.147. The van der Waals surface area contributed by atoms with Gasteiger partial charge in [0.25, 0.3) is 0 Å². The number of nitrogens with zero attached hydrogens (tertiary/aromatic N) is 1. The first-order valence-corrected chi connectivity index (χ1v) is 10.7. The summed E-state index contributed by atoms with van der Waals surface area (Å²) in [5.41, 5.74) is 3.69. The van der Waals surface area contributed by atoms with Gasteiger partial charge in [-0.3, -0.25) is 9.59 Å². The number of fused-ring (bicyclic) bond motifs is 3. The van der Waals surface area contributed by atoms with E-state index in [1.54, 1.807) is 0 Å². The van der Waals surface area contributed by atoms with Gasteiger partial charge in [-0.2, -0.15) is 0 Å². The van der Waals surface area contributed by atoms with E-state index in [9.17, 15) is 14.4 Å². The normalized spacial score (nSPS) is 15.4. The van der Waals surface area contributed by atoms with E-state index >= 15 is 0 Å². The molecule has 2 aliphatic carbocycles. The quantitative estimate of drug-likeness (QED) is 0.553. The van der Waals surface area contributed by atoms with Crippen LogP contribution in [0.25, 0.3) is 11.1 Å². The Morgan fingerprint density at radius 1 is 1.03 bits per heavy atom. The SMILES string of the molecule is O=C(O)CN(CCO)C(=O)C1(CNC(=O)OCC2c3ccccc3-c3ccccc32)CC1. The van der Waals surface area contributed by atoms with Gasteiger partial charge in [0.1, 0.15) is 13.2 Å². The molecule has 2 amide bonds. The number of rotatable bonds is 9. The number of alkyl carbamates (subject to hydrolysis) is 1. The third-order valence-electron chi connectivity index (χ3n) is 6.21. The number of amides is 2. The molecule has 2 aliphatic rings. The summed E-state index contributed by atoms with van der Waals surface area (Å²) in [6.07, 6.45) is 0.492. The molecule has 32 heavy (non-hydrogen) atoms. The second kappa shape index (κ2) is 9.00.